The molecule has 2 aromatic carbocycles. The SMILES string of the molecule is O=C(Nc1ccccc1)Nc1ccc(N2CCCCC2)cc1. The largest absolute Gasteiger partial charge is 0.372 e. The number of piperidine rings is 1. The third-order valence-corrected chi connectivity index (χ3v) is 3.88. The lowest BCUT2D eigenvalue weighted by molar-refractivity contribution is 0.262. The molecule has 0 saturated carbocycles. The third kappa shape index (κ3) is 3.79. The first-order chi connectivity index (χ1) is 10.8. The summed E-state index contributed by atoms with van der Waals surface area (Å²) in [6, 6.07) is 17.2. The Labute approximate surface area is 131 Å². The van der Waals surface area contributed by atoms with Crippen molar-refractivity contribution in [1.82, 2.24) is 0 Å². The number of rotatable bonds is 3. The molecule has 4 heteroatoms. The van der Waals surface area contributed by atoms with Crippen LogP contribution in [0, 0.1) is 0 Å². The van der Waals surface area contributed by atoms with Crippen LogP contribution in [0.5, 0.6) is 0 Å². The minimum atomic E-state index is -0.225. The van der Waals surface area contributed by atoms with Crippen molar-refractivity contribution in [2.45, 2.75) is 19.3 Å². The Hall–Kier alpha value is -2.49. The first-order valence-corrected chi connectivity index (χ1v) is 7.79. The van der Waals surface area contributed by atoms with E-state index in [1.165, 1.54) is 24.9 Å². The van der Waals surface area contributed by atoms with Crippen LogP contribution in [-0.4, -0.2) is 19.1 Å². The number of carbonyl (C=O) groups is 1. The number of urea groups is 1. The molecule has 2 amide bonds. The molecule has 4 nitrogen and oxygen atoms in total. The van der Waals surface area contributed by atoms with Crippen molar-refractivity contribution in [3.8, 4) is 0 Å². The predicted octanol–water partition coefficient (Wildman–Crippen LogP) is 4.32. The number of carbonyl (C=O) groups excluding carboxylic acids is 1. The average Bonchev–Trinajstić information content (AvgIpc) is 2.57. The van der Waals surface area contributed by atoms with Crippen molar-refractivity contribution >= 4 is 23.1 Å². The zero-order chi connectivity index (χ0) is 15.2. The molecule has 0 bridgehead atoms. The Morgan fingerprint density at radius 2 is 1.36 bits per heavy atom. The van der Waals surface area contributed by atoms with Crippen LogP contribution in [0.4, 0.5) is 21.9 Å². The summed E-state index contributed by atoms with van der Waals surface area (Å²) in [4.78, 5) is 14.3. The lowest BCUT2D eigenvalue weighted by atomic mass is 10.1. The standard InChI is InChI=1S/C18H21N3O/c22-18(19-15-7-3-1-4-8-15)20-16-9-11-17(12-10-16)21-13-5-2-6-14-21/h1,3-4,7-12H,2,5-6,13-14H2,(H2,19,20,22). The highest BCUT2D eigenvalue weighted by atomic mass is 16.2. The average molecular weight is 295 g/mol. The minimum absolute atomic E-state index is 0.225. The van der Waals surface area contributed by atoms with Gasteiger partial charge in [-0.1, -0.05) is 18.2 Å². The van der Waals surface area contributed by atoms with E-state index in [2.05, 4.69) is 27.7 Å². The van der Waals surface area contributed by atoms with E-state index in [0.29, 0.717) is 0 Å². The maximum Gasteiger partial charge on any atom is 0.323 e. The highest BCUT2D eigenvalue weighted by Gasteiger charge is 2.10. The molecule has 22 heavy (non-hydrogen) atoms. The number of hydrogen-bond acceptors (Lipinski definition) is 2. The number of amides is 2. The van der Waals surface area contributed by atoms with E-state index >= 15 is 0 Å². The number of nitrogens with zero attached hydrogens (tertiary/aromatic N) is 1. The topological polar surface area (TPSA) is 44.4 Å². The van der Waals surface area contributed by atoms with E-state index in [1.807, 2.05) is 42.5 Å². The van der Waals surface area contributed by atoms with Crippen LogP contribution < -0.4 is 15.5 Å². The van der Waals surface area contributed by atoms with Gasteiger partial charge in [0.05, 0.1) is 0 Å². The highest BCUT2D eigenvalue weighted by Crippen LogP contribution is 2.21. The molecule has 2 aromatic rings. The monoisotopic (exact) mass is 295 g/mol. The van der Waals surface area contributed by atoms with Crippen LogP contribution >= 0.6 is 0 Å². The fourth-order valence-electron chi connectivity index (χ4n) is 2.72. The van der Waals surface area contributed by atoms with Gasteiger partial charge in [0.2, 0.25) is 0 Å². The van der Waals surface area contributed by atoms with E-state index in [-0.39, 0.29) is 6.03 Å². The molecule has 1 saturated heterocycles. The lowest BCUT2D eigenvalue weighted by Gasteiger charge is -2.28. The Balaban J connectivity index is 1.57. The molecule has 3 rings (SSSR count). The van der Waals surface area contributed by atoms with Gasteiger partial charge in [-0.05, 0) is 55.7 Å². The molecule has 0 unspecified atom stereocenters. The Morgan fingerprint density at radius 1 is 0.773 bits per heavy atom. The molecular formula is C18H21N3O. The first kappa shape index (κ1) is 14.4. The Kier molecular flexibility index (Phi) is 4.59. The fraction of sp³-hybridized carbons (Fsp3) is 0.278. The van der Waals surface area contributed by atoms with Gasteiger partial charge in [-0.15, -0.1) is 0 Å². The summed E-state index contributed by atoms with van der Waals surface area (Å²) in [6.07, 6.45) is 3.86. The molecule has 114 valence electrons. The van der Waals surface area contributed by atoms with E-state index in [4.69, 9.17) is 0 Å². The molecular weight excluding hydrogens is 274 g/mol. The zero-order valence-electron chi connectivity index (χ0n) is 12.6. The maximum atomic E-state index is 11.9. The molecule has 0 aliphatic carbocycles. The summed E-state index contributed by atoms with van der Waals surface area (Å²) >= 11 is 0. The van der Waals surface area contributed by atoms with Gasteiger partial charge >= 0.3 is 6.03 Å². The van der Waals surface area contributed by atoms with Gasteiger partial charge in [0.25, 0.3) is 0 Å². The number of nitrogens with one attached hydrogen (secondary N) is 2. The van der Waals surface area contributed by atoms with E-state index in [0.717, 1.165) is 24.5 Å². The zero-order valence-corrected chi connectivity index (χ0v) is 12.6. The quantitative estimate of drug-likeness (QED) is 0.885. The van der Waals surface area contributed by atoms with Crippen molar-refractivity contribution in [3.63, 3.8) is 0 Å². The van der Waals surface area contributed by atoms with Gasteiger partial charge < -0.3 is 15.5 Å². The molecule has 0 atom stereocenters. The summed E-state index contributed by atoms with van der Waals surface area (Å²) in [5.41, 5.74) is 2.81. The normalized spacial score (nSPS) is 14.5. The second kappa shape index (κ2) is 6.98. The molecule has 1 aliphatic heterocycles. The van der Waals surface area contributed by atoms with Crippen LogP contribution in [0.2, 0.25) is 0 Å². The van der Waals surface area contributed by atoms with Gasteiger partial charge in [0.15, 0.2) is 0 Å². The molecule has 1 aliphatic rings. The number of hydrogen-bond donors (Lipinski definition) is 2. The van der Waals surface area contributed by atoms with Crippen molar-refractivity contribution in [1.29, 1.82) is 0 Å². The number of anilines is 3. The van der Waals surface area contributed by atoms with Crippen molar-refractivity contribution in [2.75, 3.05) is 28.6 Å². The van der Waals surface area contributed by atoms with Gasteiger partial charge in [0.1, 0.15) is 0 Å². The smallest absolute Gasteiger partial charge is 0.323 e. The van der Waals surface area contributed by atoms with Gasteiger partial charge in [-0.25, -0.2) is 4.79 Å². The van der Waals surface area contributed by atoms with Crippen molar-refractivity contribution in [3.05, 3.63) is 54.6 Å². The second-order valence-corrected chi connectivity index (χ2v) is 5.54. The van der Waals surface area contributed by atoms with Crippen LogP contribution in [0.3, 0.4) is 0 Å². The van der Waals surface area contributed by atoms with Crippen LogP contribution in [0.1, 0.15) is 19.3 Å². The van der Waals surface area contributed by atoms with E-state index in [1.54, 1.807) is 0 Å². The third-order valence-electron chi connectivity index (χ3n) is 3.88. The van der Waals surface area contributed by atoms with Crippen molar-refractivity contribution in [2.24, 2.45) is 0 Å². The summed E-state index contributed by atoms with van der Waals surface area (Å²) in [7, 11) is 0. The number of para-hydroxylation sites is 1. The van der Waals surface area contributed by atoms with Gasteiger partial charge in [-0.2, -0.15) is 0 Å². The molecule has 0 aromatic heterocycles. The molecule has 1 heterocycles. The van der Waals surface area contributed by atoms with Crippen LogP contribution in [-0.2, 0) is 0 Å². The summed E-state index contributed by atoms with van der Waals surface area (Å²) in [5.74, 6) is 0. The van der Waals surface area contributed by atoms with Gasteiger partial charge in [-0.3, -0.25) is 0 Å². The van der Waals surface area contributed by atoms with Gasteiger partial charge in [0, 0.05) is 30.2 Å². The Bertz CT molecular complexity index is 604. The predicted molar refractivity (Wildman–Crippen MR) is 91.6 cm³/mol. The van der Waals surface area contributed by atoms with Crippen molar-refractivity contribution < 1.29 is 4.79 Å². The molecule has 1 fully saturated rings. The van der Waals surface area contributed by atoms with E-state index in [9.17, 15) is 4.79 Å². The highest BCUT2D eigenvalue weighted by molar-refractivity contribution is 5.99. The Morgan fingerprint density at radius 3 is 2.00 bits per heavy atom. The lowest BCUT2D eigenvalue weighted by Crippen LogP contribution is -2.29. The molecule has 0 spiro atoms. The minimum Gasteiger partial charge on any atom is -0.372 e. The molecule has 0 radical (unpaired) electrons. The van der Waals surface area contributed by atoms with Crippen LogP contribution in [0.15, 0.2) is 54.6 Å². The summed E-state index contributed by atoms with van der Waals surface area (Å²) in [6.45, 7) is 2.25. The second-order valence-electron chi connectivity index (χ2n) is 5.54. The number of benzene rings is 2. The first-order valence-electron chi connectivity index (χ1n) is 7.79. The van der Waals surface area contributed by atoms with Crippen LogP contribution in [0.25, 0.3) is 0 Å². The summed E-state index contributed by atoms with van der Waals surface area (Å²) < 4.78 is 0. The maximum absolute atomic E-state index is 11.9. The van der Waals surface area contributed by atoms with E-state index < -0.39 is 0 Å². The fourth-order valence-corrected chi connectivity index (χ4v) is 2.72. The molecule has 2 N–H and O–H groups in total. The summed E-state index contributed by atoms with van der Waals surface area (Å²) in [5, 5.41) is 5.66.